The number of rotatable bonds is 4. The van der Waals surface area contributed by atoms with Crippen molar-refractivity contribution in [1.29, 1.82) is 0 Å². The molecule has 6 heteroatoms. The molecule has 3 aliphatic rings. The number of piperidine rings is 3. The van der Waals surface area contributed by atoms with Crippen LogP contribution in [0.25, 0.3) is 0 Å². The minimum absolute atomic E-state index is 0.0761. The molecule has 0 spiro atoms. The van der Waals surface area contributed by atoms with Crippen LogP contribution in [0.15, 0.2) is 45.8 Å². The zero-order valence-corrected chi connectivity index (χ0v) is 15.3. The number of hydrogen-bond acceptors (Lipinski definition) is 5. The third-order valence-electron chi connectivity index (χ3n) is 5.15. The summed E-state index contributed by atoms with van der Waals surface area (Å²) in [7, 11) is 0. The fraction of sp³-hybridized carbons (Fsp3) is 0.444. The number of carbonyl (C=O) groups excluding carboxylic acids is 1. The number of amides is 1. The van der Waals surface area contributed by atoms with Crippen molar-refractivity contribution in [1.82, 2.24) is 15.2 Å². The molecule has 2 bridgehead atoms. The lowest BCUT2D eigenvalue weighted by atomic mass is 9.79. The van der Waals surface area contributed by atoms with Crippen LogP contribution in [-0.4, -0.2) is 41.0 Å². The van der Waals surface area contributed by atoms with Crippen molar-refractivity contribution in [2.24, 2.45) is 5.92 Å². The first kappa shape index (κ1) is 16.1. The fourth-order valence-electron chi connectivity index (χ4n) is 3.79. The number of hydrogen-bond donors (Lipinski definition) is 1. The monoisotopic (exact) mass is 359 g/mol. The summed E-state index contributed by atoms with van der Waals surface area (Å²) in [5, 5.41) is 3.30. The molecule has 126 valence electrons. The topological polar surface area (TPSA) is 45.2 Å². The molecule has 0 aliphatic carbocycles. The summed E-state index contributed by atoms with van der Waals surface area (Å²) in [6.45, 7) is 4.61. The van der Waals surface area contributed by atoms with Crippen molar-refractivity contribution < 1.29 is 4.79 Å². The fourth-order valence-corrected chi connectivity index (χ4v) is 5.78. The highest BCUT2D eigenvalue weighted by Gasteiger charge is 2.40. The SMILES string of the molecule is CC1C(NC(=O)c2ccc(Sc3ccncc3)s2)C2CCN1CC2. The van der Waals surface area contributed by atoms with Crippen LogP contribution in [0.4, 0.5) is 0 Å². The van der Waals surface area contributed by atoms with Crippen LogP contribution >= 0.6 is 23.1 Å². The van der Waals surface area contributed by atoms with Gasteiger partial charge in [-0.05, 0) is 63.0 Å². The zero-order valence-electron chi connectivity index (χ0n) is 13.6. The predicted octanol–water partition coefficient (Wildman–Crippen LogP) is 3.51. The number of aromatic nitrogens is 1. The molecule has 5 rings (SSSR count). The van der Waals surface area contributed by atoms with Gasteiger partial charge in [0.2, 0.25) is 0 Å². The highest BCUT2D eigenvalue weighted by molar-refractivity contribution is 8.01. The van der Waals surface area contributed by atoms with E-state index in [-0.39, 0.29) is 5.91 Å². The van der Waals surface area contributed by atoms with E-state index < -0.39 is 0 Å². The molecule has 3 aliphatic heterocycles. The smallest absolute Gasteiger partial charge is 0.261 e. The third kappa shape index (κ3) is 3.23. The lowest BCUT2D eigenvalue weighted by molar-refractivity contribution is 0.0218. The maximum Gasteiger partial charge on any atom is 0.261 e. The molecule has 4 nitrogen and oxygen atoms in total. The predicted molar refractivity (Wildman–Crippen MR) is 97.7 cm³/mol. The quantitative estimate of drug-likeness (QED) is 0.907. The van der Waals surface area contributed by atoms with Gasteiger partial charge in [0.15, 0.2) is 0 Å². The lowest BCUT2D eigenvalue weighted by Crippen LogP contribution is -2.62. The Morgan fingerprint density at radius 2 is 2.00 bits per heavy atom. The van der Waals surface area contributed by atoms with Gasteiger partial charge in [0.05, 0.1) is 9.09 Å². The Kier molecular flexibility index (Phi) is 4.61. The molecule has 1 amide bonds. The molecule has 0 saturated carbocycles. The van der Waals surface area contributed by atoms with E-state index in [0.29, 0.717) is 18.0 Å². The summed E-state index contributed by atoms with van der Waals surface area (Å²) in [6, 6.07) is 8.68. The van der Waals surface area contributed by atoms with Gasteiger partial charge < -0.3 is 5.32 Å². The first-order valence-electron chi connectivity index (χ1n) is 8.43. The molecule has 3 saturated heterocycles. The van der Waals surface area contributed by atoms with E-state index in [1.54, 1.807) is 35.5 Å². The lowest BCUT2D eigenvalue weighted by Gasteiger charge is -2.49. The molecule has 3 fully saturated rings. The van der Waals surface area contributed by atoms with Gasteiger partial charge in [-0.2, -0.15) is 0 Å². The van der Waals surface area contributed by atoms with Gasteiger partial charge in [0.25, 0.3) is 5.91 Å². The van der Waals surface area contributed by atoms with E-state index in [1.165, 1.54) is 25.9 Å². The molecule has 5 heterocycles. The second-order valence-electron chi connectivity index (χ2n) is 6.52. The standard InChI is InChI=1S/C18H21N3OS2/c1-12-17(13-6-10-21(12)11-7-13)20-18(22)15-2-3-16(24-15)23-14-4-8-19-9-5-14/h2-5,8-9,12-13,17H,6-7,10-11H2,1H3,(H,20,22). The molecule has 2 atom stereocenters. The molecule has 2 aromatic rings. The highest BCUT2D eigenvalue weighted by atomic mass is 32.2. The van der Waals surface area contributed by atoms with Crippen LogP contribution in [0.2, 0.25) is 0 Å². The Hall–Kier alpha value is -1.37. The van der Waals surface area contributed by atoms with Crippen molar-refractivity contribution in [2.45, 2.75) is 41.0 Å². The van der Waals surface area contributed by atoms with E-state index in [2.05, 4.69) is 22.1 Å². The molecule has 2 aromatic heterocycles. The van der Waals surface area contributed by atoms with Gasteiger partial charge in [0, 0.05) is 29.4 Å². The number of nitrogens with one attached hydrogen (secondary N) is 1. The number of pyridine rings is 1. The van der Waals surface area contributed by atoms with Crippen molar-refractivity contribution in [3.05, 3.63) is 41.5 Å². The summed E-state index contributed by atoms with van der Waals surface area (Å²) in [6.07, 6.45) is 6.00. The Balaban J connectivity index is 1.42. The minimum Gasteiger partial charge on any atom is -0.347 e. The first-order chi connectivity index (χ1) is 11.7. The normalized spacial score (nSPS) is 28.7. The van der Waals surface area contributed by atoms with Crippen LogP contribution < -0.4 is 5.32 Å². The van der Waals surface area contributed by atoms with Gasteiger partial charge in [-0.3, -0.25) is 14.7 Å². The molecular formula is C18H21N3OS2. The number of carbonyl (C=O) groups is 1. The van der Waals surface area contributed by atoms with Crippen LogP contribution in [0, 0.1) is 5.92 Å². The highest BCUT2D eigenvalue weighted by Crippen LogP contribution is 2.34. The summed E-state index contributed by atoms with van der Waals surface area (Å²) >= 11 is 3.24. The molecule has 0 radical (unpaired) electrons. The summed E-state index contributed by atoms with van der Waals surface area (Å²) < 4.78 is 1.13. The number of fused-ring (bicyclic) bond motifs is 3. The van der Waals surface area contributed by atoms with Gasteiger partial charge in [-0.1, -0.05) is 11.8 Å². The third-order valence-corrected chi connectivity index (χ3v) is 7.37. The van der Waals surface area contributed by atoms with Crippen LogP contribution in [0.5, 0.6) is 0 Å². The van der Waals surface area contributed by atoms with E-state index >= 15 is 0 Å². The second-order valence-corrected chi connectivity index (χ2v) is 8.97. The minimum atomic E-state index is 0.0761. The van der Waals surface area contributed by atoms with E-state index in [9.17, 15) is 4.79 Å². The van der Waals surface area contributed by atoms with Crippen LogP contribution in [-0.2, 0) is 0 Å². The summed E-state index contributed by atoms with van der Waals surface area (Å²) in [4.78, 5) is 21.1. The van der Waals surface area contributed by atoms with Crippen molar-refractivity contribution in [3.63, 3.8) is 0 Å². The van der Waals surface area contributed by atoms with Crippen molar-refractivity contribution >= 4 is 29.0 Å². The van der Waals surface area contributed by atoms with Gasteiger partial charge >= 0.3 is 0 Å². The van der Waals surface area contributed by atoms with Crippen LogP contribution in [0.1, 0.15) is 29.4 Å². The first-order valence-corrected chi connectivity index (χ1v) is 10.1. The molecule has 1 N–H and O–H groups in total. The molecule has 24 heavy (non-hydrogen) atoms. The zero-order chi connectivity index (χ0) is 16.5. The Labute approximate surface area is 150 Å². The Morgan fingerprint density at radius 1 is 1.25 bits per heavy atom. The maximum atomic E-state index is 12.7. The maximum absolute atomic E-state index is 12.7. The van der Waals surface area contributed by atoms with Gasteiger partial charge in [0.1, 0.15) is 0 Å². The van der Waals surface area contributed by atoms with Gasteiger partial charge in [-0.15, -0.1) is 11.3 Å². The number of thiophene rings is 1. The van der Waals surface area contributed by atoms with Crippen LogP contribution in [0.3, 0.4) is 0 Å². The van der Waals surface area contributed by atoms with E-state index in [4.69, 9.17) is 0 Å². The molecule has 2 unspecified atom stereocenters. The summed E-state index contributed by atoms with van der Waals surface area (Å²) in [5.41, 5.74) is 0. The Bertz CT molecular complexity index is 708. The van der Waals surface area contributed by atoms with Crippen molar-refractivity contribution in [2.75, 3.05) is 13.1 Å². The van der Waals surface area contributed by atoms with E-state index in [0.717, 1.165) is 14.0 Å². The molecular weight excluding hydrogens is 338 g/mol. The Morgan fingerprint density at radius 3 is 2.71 bits per heavy atom. The largest absolute Gasteiger partial charge is 0.347 e. The molecule has 0 aromatic carbocycles. The van der Waals surface area contributed by atoms with Crippen molar-refractivity contribution in [3.8, 4) is 0 Å². The second kappa shape index (κ2) is 6.86. The van der Waals surface area contributed by atoms with E-state index in [1.807, 2.05) is 24.3 Å². The van der Waals surface area contributed by atoms with Gasteiger partial charge in [-0.25, -0.2) is 0 Å². The average molecular weight is 360 g/mol. The number of nitrogens with zero attached hydrogens (tertiary/aromatic N) is 2. The average Bonchev–Trinajstić information content (AvgIpc) is 3.08. The summed E-state index contributed by atoms with van der Waals surface area (Å²) in [5.74, 6) is 0.715.